The van der Waals surface area contributed by atoms with E-state index in [-0.39, 0.29) is 18.4 Å². The van der Waals surface area contributed by atoms with Gasteiger partial charge < -0.3 is 19.5 Å². The third-order valence-electron chi connectivity index (χ3n) is 5.04. The smallest absolute Gasteiger partial charge is 0.255 e. The molecule has 4 rings (SSSR count). The van der Waals surface area contributed by atoms with E-state index in [9.17, 15) is 9.59 Å². The summed E-state index contributed by atoms with van der Waals surface area (Å²) in [6.45, 7) is 3.79. The summed E-state index contributed by atoms with van der Waals surface area (Å²) in [6, 6.07) is 18.5. The number of nitrogens with zero attached hydrogens (tertiary/aromatic N) is 1. The largest absolute Gasteiger partial charge is 0.469 e. The fourth-order valence-corrected chi connectivity index (χ4v) is 3.28. The van der Waals surface area contributed by atoms with E-state index in [1.54, 1.807) is 32.0 Å². The molecule has 0 bridgehead atoms. The predicted octanol–water partition coefficient (Wildman–Crippen LogP) is 4.66. The van der Waals surface area contributed by atoms with E-state index in [0.29, 0.717) is 40.8 Å². The van der Waals surface area contributed by atoms with Crippen LogP contribution < -0.4 is 10.6 Å². The fourth-order valence-electron chi connectivity index (χ4n) is 3.28. The van der Waals surface area contributed by atoms with Gasteiger partial charge in [0.05, 0.1) is 24.8 Å². The third-order valence-corrected chi connectivity index (χ3v) is 5.04. The number of carbonyl (C=O) groups excluding carboxylic acids is 2. The molecule has 0 aliphatic heterocycles. The molecule has 7 nitrogen and oxygen atoms in total. The molecule has 0 aliphatic carbocycles. The number of oxazole rings is 1. The lowest BCUT2D eigenvalue weighted by atomic mass is 10.1. The lowest BCUT2D eigenvalue weighted by Gasteiger charge is -2.06. The van der Waals surface area contributed by atoms with E-state index in [0.717, 1.165) is 11.1 Å². The van der Waals surface area contributed by atoms with Gasteiger partial charge in [0.25, 0.3) is 5.91 Å². The van der Waals surface area contributed by atoms with Crippen LogP contribution in [0.1, 0.15) is 33.1 Å². The molecule has 0 saturated heterocycles. The van der Waals surface area contributed by atoms with Crippen LogP contribution in [0.4, 0.5) is 5.69 Å². The zero-order chi connectivity index (χ0) is 22.5. The van der Waals surface area contributed by atoms with E-state index in [4.69, 9.17) is 8.83 Å². The first-order valence-electron chi connectivity index (χ1n) is 10.2. The molecule has 2 heterocycles. The first-order valence-corrected chi connectivity index (χ1v) is 10.2. The van der Waals surface area contributed by atoms with Gasteiger partial charge in [0.2, 0.25) is 11.8 Å². The molecule has 0 atom stereocenters. The second-order valence-electron chi connectivity index (χ2n) is 7.38. The molecule has 0 spiro atoms. The van der Waals surface area contributed by atoms with Crippen molar-refractivity contribution in [1.29, 1.82) is 0 Å². The van der Waals surface area contributed by atoms with Crippen molar-refractivity contribution < 1.29 is 18.4 Å². The third kappa shape index (κ3) is 4.95. The molecule has 2 aromatic carbocycles. The van der Waals surface area contributed by atoms with Crippen LogP contribution in [0.3, 0.4) is 0 Å². The Labute approximate surface area is 185 Å². The Bertz CT molecular complexity index is 1220. The monoisotopic (exact) mass is 429 g/mol. The first kappa shape index (κ1) is 21.1. The first-order chi connectivity index (χ1) is 15.5. The van der Waals surface area contributed by atoms with Crippen molar-refractivity contribution in [1.82, 2.24) is 10.3 Å². The Hall–Kier alpha value is -4.13. The molecule has 2 N–H and O–H groups in total. The van der Waals surface area contributed by atoms with Gasteiger partial charge in [-0.25, -0.2) is 4.98 Å². The minimum Gasteiger partial charge on any atom is -0.469 e. The number of aryl methyl sites for hydroxylation is 2. The summed E-state index contributed by atoms with van der Waals surface area (Å²) >= 11 is 0. The van der Waals surface area contributed by atoms with Crippen LogP contribution in [-0.2, 0) is 17.8 Å². The van der Waals surface area contributed by atoms with Crippen molar-refractivity contribution in [3.8, 4) is 11.5 Å². The van der Waals surface area contributed by atoms with E-state index >= 15 is 0 Å². The number of carbonyl (C=O) groups is 2. The summed E-state index contributed by atoms with van der Waals surface area (Å²) in [5.74, 6) is 1.34. The molecule has 2 amide bonds. The van der Waals surface area contributed by atoms with Crippen molar-refractivity contribution in [3.05, 3.63) is 95.3 Å². The molecule has 0 aliphatic rings. The van der Waals surface area contributed by atoms with E-state index < -0.39 is 0 Å². The Kier molecular flexibility index (Phi) is 6.17. The number of anilines is 1. The molecule has 32 heavy (non-hydrogen) atoms. The standard InChI is InChI=1S/C25H23N3O4/c1-16-21(12-13-31-16)24(30)26-15-22-17(2)32-25(28-22)19-8-10-20(11-9-19)27-23(29)14-18-6-4-3-5-7-18/h3-13H,14-15H2,1-2H3,(H,26,30)(H,27,29). The summed E-state index contributed by atoms with van der Waals surface area (Å²) in [5, 5.41) is 5.72. The molecule has 0 unspecified atom stereocenters. The van der Waals surface area contributed by atoms with Crippen molar-refractivity contribution in [3.63, 3.8) is 0 Å². The van der Waals surface area contributed by atoms with Crippen molar-refractivity contribution in [2.75, 3.05) is 5.32 Å². The molecule has 4 aromatic rings. The predicted molar refractivity (Wildman–Crippen MR) is 120 cm³/mol. The van der Waals surface area contributed by atoms with Gasteiger partial charge in [0.15, 0.2) is 0 Å². The van der Waals surface area contributed by atoms with E-state index in [2.05, 4.69) is 15.6 Å². The summed E-state index contributed by atoms with van der Waals surface area (Å²) in [5.41, 5.74) is 3.57. The highest BCUT2D eigenvalue weighted by Gasteiger charge is 2.15. The van der Waals surface area contributed by atoms with Crippen molar-refractivity contribution >= 4 is 17.5 Å². The molecular formula is C25H23N3O4. The summed E-state index contributed by atoms with van der Waals surface area (Å²) in [6.07, 6.45) is 1.80. The maximum absolute atomic E-state index is 12.3. The molecule has 7 heteroatoms. The molecule has 0 radical (unpaired) electrons. The van der Waals surface area contributed by atoms with Gasteiger partial charge in [-0.05, 0) is 49.7 Å². The molecule has 0 saturated carbocycles. The number of hydrogen-bond donors (Lipinski definition) is 2. The maximum atomic E-state index is 12.3. The van der Waals surface area contributed by atoms with Crippen LogP contribution in [-0.4, -0.2) is 16.8 Å². The molecule has 162 valence electrons. The lowest BCUT2D eigenvalue weighted by molar-refractivity contribution is -0.115. The van der Waals surface area contributed by atoms with Crippen molar-refractivity contribution in [2.45, 2.75) is 26.8 Å². The summed E-state index contributed by atoms with van der Waals surface area (Å²) in [7, 11) is 0. The van der Waals surface area contributed by atoms with Crippen LogP contribution >= 0.6 is 0 Å². The molecular weight excluding hydrogens is 406 g/mol. The van der Waals surface area contributed by atoms with E-state index in [1.165, 1.54) is 6.26 Å². The van der Waals surface area contributed by atoms with Gasteiger partial charge in [-0.1, -0.05) is 30.3 Å². The molecule has 2 aromatic heterocycles. The SMILES string of the molecule is Cc1occc1C(=O)NCc1nc(-c2ccc(NC(=O)Cc3ccccc3)cc2)oc1C. The van der Waals surface area contributed by atoms with Gasteiger partial charge >= 0.3 is 0 Å². The quantitative estimate of drug-likeness (QED) is 0.445. The zero-order valence-electron chi connectivity index (χ0n) is 17.8. The normalized spacial score (nSPS) is 10.7. The van der Waals surface area contributed by atoms with Gasteiger partial charge in [-0.2, -0.15) is 0 Å². The number of benzene rings is 2. The average Bonchev–Trinajstić information content (AvgIpc) is 3.38. The Morgan fingerprint density at radius 3 is 2.38 bits per heavy atom. The van der Waals surface area contributed by atoms with Crippen LogP contribution in [0, 0.1) is 13.8 Å². The number of rotatable bonds is 7. The van der Waals surface area contributed by atoms with Gasteiger partial charge in [-0.15, -0.1) is 0 Å². The lowest BCUT2D eigenvalue weighted by Crippen LogP contribution is -2.23. The average molecular weight is 429 g/mol. The number of amides is 2. The number of furan rings is 1. The van der Waals surface area contributed by atoms with Gasteiger partial charge in [-0.3, -0.25) is 9.59 Å². The Morgan fingerprint density at radius 2 is 1.69 bits per heavy atom. The Balaban J connectivity index is 1.37. The second-order valence-corrected chi connectivity index (χ2v) is 7.38. The van der Waals surface area contributed by atoms with Crippen LogP contribution in [0.25, 0.3) is 11.5 Å². The zero-order valence-corrected chi connectivity index (χ0v) is 17.8. The van der Waals surface area contributed by atoms with Gasteiger partial charge in [0, 0.05) is 11.3 Å². The summed E-state index contributed by atoms with van der Waals surface area (Å²) < 4.78 is 10.9. The number of hydrogen-bond acceptors (Lipinski definition) is 5. The van der Waals surface area contributed by atoms with E-state index in [1.807, 2.05) is 42.5 Å². The highest BCUT2D eigenvalue weighted by atomic mass is 16.4. The topological polar surface area (TPSA) is 97.4 Å². The number of nitrogens with one attached hydrogen (secondary N) is 2. The number of aromatic nitrogens is 1. The van der Waals surface area contributed by atoms with Crippen LogP contribution in [0.2, 0.25) is 0 Å². The molecule has 0 fully saturated rings. The second kappa shape index (κ2) is 9.34. The van der Waals surface area contributed by atoms with Crippen molar-refractivity contribution in [2.24, 2.45) is 0 Å². The fraction of sp³-hybridized carbons (Fsp3) is 0.160. The Morgan fingerprint density at radius 1 is 0.938 bits per heavy atom. The highest BCUT2D eigenvalue weighted by Crippen LogP contribution is 2.23. The minimum absolute atomic E-state index is 0.0817. The van der Waals surface area contributed by atoms with Gasteiger partial charge in [0.1, 0.15) is 17.2 Å². The minimum atomic E-state index is -0.226. The van der Waals surface area contributed by atoms with Crippen LogP contribution in [0.5, 0.6) is 0 Å². The van der Waals surface area contributed by atoms with Crippen LogP contribution in [0.15, 0.2) is 75.8 Å². The highest BCUT2D eigenvalue weighted by molar-refractivity contribution is 5.95. The maximum Gasteiger partial charge on any atom is 0.255 e. The summed E-state index contributed by atoms with van der Waals surface area (Å²) in [4.78, 5) is 29.0.